The Labute approximate surface area is 158 Å². The smallest absolute Gasteiger partial charge is 0.269 e. The normalized spacial score (nSPS) is 10.5. The first-order chi connectivity index (χ1) is 13.0. The molecule has 5 heteroatoms. The SMILES string of the molecule is Cc1ccc(Nc2ccc(C(=O)NCCc3ccc(F)cc3)nc2)cc1C. The Morgan fingerprint density at radius 2 is 1.70 bits per heavy atom. The number of pyridine rings is 1. The van der Waals surface area contributed by atoms with Gasteiger partial charge in [-0.25, -0.2) is 9.37 Å². The highest BCUT2D eigenvalue weighted by Gasteiger charge is 2.07. The van der Waals surface area contributed by atoms with Crippen LogP contribution in [0.2, 0.25) is 0 Å². The van der Waals surface area contributed by atoms with Crippen molar-refractivity contribution in [2.75, 3.05) is 11.9 Å². The number of amides is 1. The van der Waals surface area contributed by atoms with Crippen LogP contribution >= 0.6 is 0 Å². The van der Waals surface area contributed by atoms with Crippen LogP contribution < -0.4 is 10.6 Å². The van der Waals surface area contributed by atoms with Crippen LogP contribution in [-0.4, -0.2) is 17.4 Å². The number of carbonyl (C=O) groups excluding carboxylic acids is 1. The molecular formula is C22H22FN3O. The number of hydrogen-bond acceptors (Lipinski definition) is 3. The maximum absolute atomic E-state index is 12.9. The Hall–Kier alpha value is -3.21. The summed E-state index contributed by atoms with van der Waals surface area (Å²) in [5.41, 5.74) is 5.59. The van der Waals surface area contributed by atoms with E-state index in [0.717, 1.165) is 16.9 Å². The zero-order valence-electron chi connectivity index (χ0n) is 15.4. The highest BCUT2D eigenvalue weighted by Crippen LogP contribution is 2.19. The van der Waals surface area contributed by atoms with Gasteiger partial charge in [-0.2, -0.15) is 0 Å². The fraction of sp³-hybridized carbons (Fsp3) is 0.182. The third-order valence-corrected chi connectivity index (χ3v) is 4.40. The largest absolute Gasteiger partial charge is 0.354 e. The molecular weight excluding hydrogens is 341 g/mol. The first-order valence-corrected chi connectivity index (χ1v) is 8.84. The predicted octanol–water partition coefficient (Wildman–Crippen LogP) is 4.55. The predicted molar refractivity (Wildman–Crippen MR) is 106 cm³/mol. The van der Waals surface area contributed by atoms with Gasteiger partial charge in [-0.3, -0.25) is 4.79 Å². The summed E-state index contributed by atoms with van der Waals surface area (Å²) in [5, 5.41) is 6.11. The molecule has 1 heterocycles. The van der Waals surface area contributed by atoms with Crippen LogP contribution in [0.5, 0.6) is 0 Å². The van der Waals surface area contributed by atoms with E-state index in [1.807, 2.05) is 12.1 Å². The average molecular weight is 363 g/mol. The second-order valence-electron chi connectivity index (χ2n) is 6.49. The maximum atomic E-state index is 12.9. The van der Waals surface area contributed by atoms with E-state index in [9.17, 15) is 9.18 Å². The topological polar surface area (TPSA) is 54.0 Å². The fourth-order valence-corrected chi connectivity index (χ4v) is 2.65. The van der Waals surface area contributed by atoms with E-state index in [1.54, 1.807) is 24.4 Å². The molecule has 0 aliphatic carbocycles. The molecule has 3 rings (SSSR count). The van der Waals surface area contributed by atoms with Gasteiger partial charge in [0.2, 0.25) is 0 Å². The summed E-state index contributed by atoms with van der Waals surface area (Å²) in [5.74, 6) is -0.490. The number of aryl methyl sites for hydroxylation is 2. The molecule has 2 aromatic carbocycles. The quantitative estimate of drug-likeness (QED) is 0.675. The van der Waals surface area contributed by atoms with Crippen molar-refractivity contribution in [2.45, 2.75) is 20.3 Å². The van der Waals surface area contributed by atoms with Gasteiger partial charge < -0.3 is 10.6 Å². The van der Waals surface area contributed by atoms with E-state index in [2.05, 4.69) is 41.6 Å². The zero-order chi connectivity index (χ0) is 19.2. The second kappa shape index (κ2) is 8.45. The lowest BCUT2D eigenvalue weighted by Gasteiger charge is -2.09. The van der Waals surface area contributed by atoms with E-state index >= 15 is 0 Å². The first-order valence-electron chi connectivity index (χ1n) is 8.84. The minimum atomic E-state index is -0.263. The molecule has 0 atom stereocenters. The van der Waals surface area contributed by atoms with Crippen LogP contribution in [0.4, 0.5) is 15.8 Å². The average Bonchev–Trinajstić information content (AvgIpc) is 2.67. The van der Waals surface area contributed by atoms with Gasteiger partial charge in [-0.05, 0) is 73.4 Å². The molecule has 0 bridgehead atoms. The van der Waals surface area contributed by atoms with E-state index in [-0.39, 0.29) is 11.7 Å². The molecule has 138 valence electrons. The Balaban J connectivity index is 1.53. The Morgan fingerprint density at radius 1 is 0.963 bits per heavy atom. The highest BCUT2D eigenvalue weighted by molar-refractivity contribution is 5.92. The third-order valence-electron chi connectivity index (χ3n) is 4.40. The molecule has 0 saturated carbocycles. The molecule has 0 saturated heterocycles. The number of nitrogens with one attached hydrogen (secondary N) is 2. The van der Waals surface area contributed by atoms with Crippen molar-refractivity contribution in [1.82, 2.24) is 10.3 Å². The number of rotatable bonds is 6. The van der Waals surface area contributed by atoms with Crippen molar-refractivity contribution in [3.63, 3.8) is 0 Å². The Bertz CT molecular complexity index is 921. The van der Waals surface area contributed by atoms with Crippen molar-refractivity contribution < 1.29 is 9.18 Å². The summed E-state index contributed by atoms with van der Waals surface area (Å²) in [6.07, 6.45) is 2.28. The lowest BCUT2D eigenvalue weighted by atomic mass is 10.1. The zero-order valence-corrected chi connectivity index (χ0v) is 15.4. The van der Waals surface area contributed by atoms with Gasteiger partial charge >= 0.3 is 0 Å². The van der Waals surface area contributed by atoms with E-state index in [4.69, 9.17) is 0 Å². The van der Waals surface area contributed by atoms with Gasteiger partial charge in [0, 0.05) is 12.2 Å². The molecule has 0 aliphatic heterocycles. The number of hydrogen-bond donors (Lipinski definition) is 2. The monoisotopic (exact) mass is 363 g/mol. The standard InChI is InChI=1S/C22H22FN3O/c1-15-3-8-19(13-16(15)2)26-20-9-10-21(25-14-20)22(27)24-12-11-17-4-6-18(23)7-5-17/h3-10,13-14,26H,11-12H2,1-2H3,(H,24,27). The number of nitrogens with zero attached hydrogens (tertiary/aromatic N) is 1. The van der Waals surface area contributed by atoms with Crippen LogP contribution in [0.15, 0.2) is 60.8 Å². The molecule has 0 radical (unpaired) electrons. The van der Waals surface area contributed by atoms with Crippen LogP contribution in [-0.2, 0) is 6.42 Å². The molecule has 1 aromatic heterocycles. The van der Waals surface area contributed by atoms with Crippen molar-refractivity contribution in [3.05, 3.63) is 89.0 Å². The van der Waals surface area contributed by atoms with Crippen molar-refractivity contribution in [2.24, 2.45) is 0 Å². The Kier molecular flexibility index (Phi) is 5.81. The molecule has 3 aromatic rings. The lowest BCUT2D eigenvalue weighted by molar-refractivity contribution is 0.0949. The summed E-state index contributed by atoms with van der Waals surface area (Å²) in [6, 6.07) is 15.9. The molecule has 0 aliphatic rings. The van der Waals surface area contributed by atoms with E-state index in [1.165, 1.54) is 23.3 Å². The van der Waals surface area contributed by atoms with Crippen LogP contribution in [0.25, 0.3) is 0 Å². The van der Waals surface area contributed by atoms with Gasteiger partial charge in [-0.15, -0.1) is 0 Å². The van der Waals surface area contributed by atoms with E-state index in [0.29, 0.717) is 18.7 Å². The summed E-state index contributed by atoms with van der Waals surface area (Å²) >= 11 is 0. The minimum Gasteiger partial charge on any atom is -0.354 e. The molecule has 1 amide bonds. The van der Waals surface area contributed by atoms with Crippen molar-refractivity contribution in [1.29, 1.82) is 0 Å². The van der Waals surface area contributed by atoms with Crippen molar-refractivity contribution >= 4 is 17.3 Å². The second-order valence-corrected chi connectivity index (χ2v) is 6.49. The lowest BCUT2D eigenvalue weighted by Crippen LogP contribution is -2.26. The molecule has 27 heavy (non-hydrogen) atoms. The molecule has 0 fully saturated rings. The van der Waals surface area contributed by atoms with Crippen LogP contribution in [0.1, 0.15) is 27.2 Å². The highest BCUT2D eigenvalue weighted by atomic mass is 19.1. The summed E-state index contributed by atoms with van der Waals surface area (Å²) in [4.78, 5) is 16.4. The van der Waals surface area contributed by atoms with Gasteiger partial charge in [0.15, 0.2) is 0 Å². The van der Waals surface area contributed by atoms with Gasteiger partial charge in [-0.1, -0.05) is 18.2 Å². The number of carbonyl (C=O) groups is 1. The first kappa shape index (κ1) is 18.6. The molecule has 2 N–H and O–H groups in total. The third kappa shape index (κ3) is 5.14. The maximum Gasteiger partial charge on any atom is 0.269 e. The minimum absolute atomic E-state index is 0.227. The summed E-state index contributed by atoms with van der Waals surface area (Å²) in [6.45, 7) is 4.61. The number of anilines is 2. The molecule has 0 unspecified atom stereocenters. The summed E-state index contributed by atoms with van der Waals surface area (Å²) < 4.78 is 12.9. The van der Waals surface area contributed by atoms with Gasteiger partial charge in [0.05, 0.1) is 11.9 Å². The van der Waals surface area contributed by atoms with Gasteiger partial charge in [0.25, 0.3) is 5.91 Å². The molecule has 0 spiro atoms. The number of benzene rings is 2. The van der Waals surface area contributed by atoms with Crippen molar-refractivity contribution in [3.8, 4) is 0 Å². The van der Waals surface area contributed by atoms with Crippen LogP contribution in [0.3, 0.4) is 0 Å². The molecule has 4 nitrogen and oxygen atoms in total. The Morgan fingerprint density at radius 3 is 2.37 bits per heavy atom. The summed E-state index contributed by atoms with van der Waals surface area (Å²) in [7, 11) is 0. The number of aromatic nitrogens is 1. The fourth-order valence-electron chi connectivity index (χ4n) is 2.65. The van der Waals surface area contributed by atoms with E-state index < -0.39 is 0 Å². The van der Waals surface area contributed by atoms with Crippen LogP contribution in [0, 0.1) is 19.7 Å². The van der Waals surface area contributed by atoms with Gasteiger partial charge in [0.1, 0.15) is 11.5 Å². The number of halogens is 1.